The summed E-state index contributed by atoms with van der Waals surface area (Å²) in [4.78, 5) is 36.8. The summed E-state index contributed by atoms with van der Waals surface area (Å²) in [6.45, 7) is 0.854. The Kier molecular flexibility index (Phi) is 5.42. The van der Waals surface area contributed by atoms with Gasteiger partial charge in [0, 0.05) is 6.66 Å². The van der Waals surface area contributed by atoms with E-state index in [2.05, 4.69) is 0 Å². The molecule has 0 unspecified atom stereocenters. The van der Waals surface area contributed by atoms with Crippen molar-refractivity contribution in [1.82, 2.24) is 0 Å². The van der Waals surface area contributed by atoms with E-state index in [1.807, 2.05) is 0 Å². The van der Waals surface area contributed by atoms with Gasteiger partial charge >= 0.3 is 15.4 Å². The van der Waals surface area contributed by atoms with E-state index in [1.54, 1.807) is 0 Å². The summed E-state index contributed by atoms with van der Waals surface area (Å²) in [6, 6.07) is 0. The van der Waals surface area contributed by atoms with Crippen LogP contribution in [0.5, 0.6) is 0 Å². The molecule has 0 saturated carbocycles. The smallest absolute Gasteiger partial charge is 0.325 e. The van der Waals surface area contributed by atoms with Crippen LogP contribution in [0.15, 0.2) is 0 Å². The van der Waals surface area contributed by atoms with Gasteiger partial charge in [0.25, 0.3) is 0 Å². The number of hydrogen-bond donors (Lipinski definition) is 5. The highest BCUT2D eigenvalue weighted by molar-refractivity contribution is 7.50. The third-order valence-electron chi connectivity index (χ3n) is 0. The second kappa shape index (κ2) is 4.20. The van der Waals surface area contributed by atoms with Crippen molar-refractivity contribution in [3.63, 3.8) is 0 Å². The highest BCUT2D eigenvalue weighted by Gasteiger charge is 2.00. The quantitative estimate of drug-likeness (QED) is 0.307. The van der Waals surface area contributed by atoms with Crippen LogP contribution in [0.1, 0.15) is 0 Å². The minimum Gasteiger partial charge on any atom is -0.325 e. The van der Waals surface area contributed by atoms with Crippen molar-refractivity contribution in [3.05, 3.63) is 0 Å². The van der Waals surface area contributed by atoms with Gasteiger partial charge in [-0.15, -0.1) is 0 Å². The van der Waals surface area contributed by atoms with Gasteiger partial charge in [-0.2, -0.15) is 0 Å². The largest absolute Gasteiger partial charge is 0.466 e. The Labute approximate surface area is 56.7 Å². The molecule has 0 fully saturated rings. The minimum absolute atomic E-state index is 0.854. The van der Waals surface area contributed by atoms with E-state index in [4.69, 9.17) is 29.0 Å². The predicted octanol–water partition coefficient (Wildman–Crippen LogP) is -1.13. The normalized spacial score (nSPS) is 11.8. The lowest BCUT2D eigenvalue weighted by Crippen LogP contribution is -1.66. The standard InChI is InChI=1S/CH5O3P.H3O4P/c2*1-5(2,3)4/h1H3,(H2,2,3,4);(H3,1,2,3,4). The fourth-order valence-corrected chi connectivity index (χ4v) is 0. The van der Waals surface area contributed by atoms with Crippen LogP contribution in [0.25, 0.3) is 0 Å². The minimum atomic E-state index is -4.64. The summed E-state index contributed by atoms with van der Waals surface area (Å²) in [6.07, 6.45) is 0. The summed E-state index contributed by atoms with van der Waals surface area (Å²) < 4.78 is 18.2. The van der Waals surface area contributed by atoms with Crippen LogP contribution in [0, 0.1) is 0 Å². The van der Waals surface area contributed by atoms with Gasteiger partial charge in [-0.3, -0.25) is 4.57 Å². The van der Waals surface area contributed by atoms with Crippen molar-refractivity contribution < 1.29 is 33.6 Å². The van der Waals surface area contributed by atoms with Gasteiger partial charge < -0.3 is 24.5 Å². The lowest BCUT2D eigenvalue weighted by atomic mass is 12.0. The molecule has 9 heteroatoms. The average Bonchev–Trinajstić information content (AvgIpc) is 1.12. The first kappa shape index (κ1) is 12.9. The maximum atomic E-state index is 9.33. The first-order chi connectivity index (χ1) is 4.00. The molecule has 0 spiro atoms. The zero-order chi connectivity index (χ0) is 9.00. The molecule has 0 atom stereocenters. The van der Waals surface area contributed by atoms with Crippen LogP contribution in [0.3, 0.4) is 0 Å². The predicted molar refractivity (Wildman–Crippen MR) is 32.2 cm³/mol. The molecular weight excluding hydrogens is 186 g/mol. The fourth-order valence-electron chi connectivity index (χ4n) is 0. The van der Waals surface area contributed by atoms with Gasteiger partial charge in [0.1, 0.15) is 0 Å². The first-order valence-electron chi connectivity index (χ1n) is 1.81. The molecule has 0 aliphatic rings. The van der Waals surface area contributed by atoms with Crippen LogP contribution < -0.4 is 0 Å². The molecule has 10 heavy (non-hydrogen) atoms. The van der Waals surface area contributed by atoms with Crippen molar-refractivity contribution in [2.75, 3.05) is 6.66 Å². The molecule has 0 rings (SSSR count). The van der Waals surface area contributed by atoms with Gasteiger partial charge in [0.15, 0.2) is 0 Å². The summed E-state index contributed by atoms with van der Waals surface area (Å²) in [5, 5.41) is 0. The van der Waals surface area contributed by atoms with E-state index in [0.717, 1.165) is 6.66 Å². The second-order valence-electron chi connectivity index (χ2n) is 1.35. The average molecular weight is 194 g/mol. The van der Waals surface area contributed by atoms with Gasteiger partial charge in [-0.25, -0.2) is 4.57 Å². The maximum Gasteiger partial charge on any atom is 0.466 e. The summed E-state index contributed by atoms with van der Waals surface area (Å²) in [7, 11) is -8.28. The van der Waals surface area contributed by atoms with Crippen LogP contribution in [0.4, 0.5) is 0 Å². The van der Waals surface area contributed by atoms with Gasteiger partial charge in [-0.1, -0.05) is 0 Å². The van der Waals surface area contributed by atoms with Crippen molar-refractivity contribution in [3.8, 4) is 0 Å². The van der Waals surface area contributed by atoms with Crippen LogP contribution in [-0.4, -0.2) is 31.1 Å². The third-order valence-corrected chi connectivity index (χ3v) is 0. The van der Waals surface area contributed by atoms with E-state index in [-0.39, 0.29) is 0 Å². The summed E-state index contributed by atoms with van der Waals surface area (Å²) in [5.41, 5.74) is 0. The van der Waals surface area contributed by atoms with E-state index in [9.17, 15) is 4.57 Å². The molecule has 64 valence electrons. The monoisotopic (exact) mass is 194 g/mol. The lowest BCUT2D eigenvalue weighted by Gasteiger charge is -1.84. The Bertz CT molecular complexity index is 124. The molecule has 0 aliphatic heterocycles. The first-order valence-corrected chi connectivity index (χ1v) is 5.44. The molecule has 0 aromatic carbocycles. The number of phosphoric acid groups is 1. The lowest BCUT2D eigenvalue weighted by molar-refractivity contribution is 0.275. The fraction of sp³-hybridized carbons (Fsp3) is 1.00. The molecule has 0 radical (unpaired) electrons. The molecule has 5 N–H and O–H groups in total. The molecule has 0 heterocycles. The van der Waals surface area contributed by atoms with Crippen LogP contribution in [-0.2, 0) is 9.13 Å². The van der Waals surface area contributed by atoms with Gasteiger partial charge in [-0.05, 0) is 0 Å². The van der Waals surface area contributed by atoms with E-state index in [0.29, 0.717) is 0 Å². The molecule has 7 nitrogen and oxygen atoms in total. The molecule has 0 bridgehead atoms. The maximum absolute atomic E-state index is 9.33. The number of rotatable bonds is 0. The summed E-state index contributed by atoms with van der Waals surface area (Å²) in [5.74, 6) is 0. The van der Waals surface area contributed by atoms with Gasteiger partial charge in [0.05, 0.1) is 0 Å². The zero-order valence-electron chi connectivity index (χ0n) is 4.95. The Morgan fingerprint density at radius 2 is 0.900 bits per heavy atom. The SMILES string of the molecule is CP(=O)(O)O.O=P(O)(O)O. The van der Waals surface area contributed by atoms with Crippen molar-refractivity contribution in [2.45, 2.75) is 0 Å². The molecule has 0 saturated heterocycles. The molecule has 0 amide bonds. The molecule has 0 aliphatic carbocycles. The molecule has 0 aromatic heterocycles. The van der Waals surface area contributed by atoms with Crippen LogP contribution in [0.2, 0.25) is 0 Å². The Hall–Kier alpha value is 0.260. The zero-order valence-corrected chi connectivity index (χ0v) is 6.74. The topological polar surface area (TPSA) is 135 Å². The van der Waals surface area contributed by atoms with Crippen molar-refractivity contribution in [2.24, 2.45) is 0 Å². The third kappa shape index (κ3) is 6440. The van der Waals surface area contributed by atoms with Crippen LogP contribution >= 0.6 is 15.4 Å². The number of hydrogen-bond acceptors (Lipinski definition) is 2. The summed E-state index contributed by atoms with van der Waals surface area (Å²) >= 11 is 0. The Morgan fingerprint density at radius 3 is 0.900 bits per heavy atom. The highest BCUT2D eigenvalue weighted by atomic mass is 31.2. The Morgan fingerprint density at radius 1 is 0.900 bits per heavy atom. The van der Waals surface area contributed by atoms with E-state index in [1.165, 1.54) is 0 Å². The highest BCUT2D eigenvalue weighted by Crippen LogP contribution is 2.26. The van der Waals surface area contributed by atoms with E-state index < -0.39 is 15.4 Å². The van der Waals surface area contributed by atoms with E-state index >= 15 is 0 Å². The Balaban J connectivity index is 0. The second-order valence-corrected chi connectivity index (χ2v) is 4.05. The van der Waals surface area contributed by atoms with Gasteiger partial charge in [0.2, 0.25) is 0 Å². The van der Waals surface area contributed by atoms with Crippen molar-refractivity contribution >= 4 is 15.4 Å². The molecular formula is CH8O7P2. The van der Waals surface area contributed by atoms with Crippen molar-refractivity contribution in [1.29, 1.82) is 0 Å². The molecule has 0 aromatic rings.